The van der Waals surface area contributed by atoms with E-state index in [-0.39, 0.29) is 5.75 Å². The molecule has 1 heterocycles. The van der Waals surface area contributed by atoms with Gasteiger partial charge in [-0.2, -0.15) is 13.2 Å². The van der Waals surface area contributed by atoms with E-state index in [4.69, 9.17) is 0 Å². The highest BCUT2D eigenvalue weighted by atomic mass is 19.3. The van der Waals surface area contributed by atoms with E-state index in [2.05, 4.69) is 9.47 Å². The van der Waals surface area contributed by atoms with Crippen LogP contribution in [0.1, 0.15) is 18.1 Å². The lowest BCUT2D eigenvalue weighted by atomic mass is 10.1. The number of halogens is 3. The summed E-state index contributed by atoms with van der Waals surface area (Å²) < 4.78 is 48.4. The molecule has 0 aliphatic carbocycles. The number of benzene rings is 1. The zero-order chi connectivity index (χ0) is 11.3. The molecule has 15 heavy (non-hydrogen) atoms. The number of hydrogen-bond acceptors (Lipinski definition) is 2. The minimum Gasteiger partial charge on any atom is -0.435 e. The molecule has 82 valence electrons. The second-order valence-electron chi connectivity index (χ2n) is 3.56. The van der Waals surface area contributed by atoms with Crippen molar-refractivity contribution in [2.75, 3.05) is 0 Å². The number of alkyl halides is 3. The molecule has 0 radical (unpaired) electrons. The molecule has 5 heteroatoms. The minimum atomic E-state index is -3.66. The second-order valence-corrected chi connectivity index (χ2v) is 3.56. The second kappa shape index (κ2) is 2.88. The van der Waals surface area contributed by atoms with Crippen molar-refractivity contribution in [2.45, 2.75) is 26.0 Å². The maximum absolute atomic E-state index is 13.3. The van der Waals surface area contributed by atoms with Crippen LogP contribution in [-0.2, 0) is 10.8 Å². The summed E-state index contributed by atoms with van der Waals surface area (Å²) in [5, 5.41) is 0. The van der Waals surface area contributed by atoms with Crippen molar-refractivity contribution in [3.05, 3.63) is 29.3 Å². The lowest BCUT2D eigenvalue weighted by Gasteiger charge is -2.33. The van der Waals surface area contributed by atoms with Crippen LogP contribution in [0.15, 0.2) is 18.2 Å². The average Bonchev–Trinajstić information content (AvgIpc) is 2.03. The number of aryl methyl sites for hydroxylation is 1. The Kier molecular flexibility index (Phi) is 1.98. The molecule has 1 aliphatic rings. The van der Waals surface area contributed by atoms with E-state index >= 15 is 0 Å². The SMILES string of the molecule is Cc1ccc2c(c1)C(F)(F)OC(C)(F)O2. The van der Waals surface area contributed by atoms with E-state index in [9.17, 15) is 13.2 Å². The van der Waals surface area contributed by atoms with Crippen LogP contribution in [-0.4, -0.2) is 6.04 Å². The van der Waals surface area contributed by atoms with Gasteiger partial charge in [0.25, 0.3) is 0 Å². The molecule has 2 rings (SSSR count). The summed E-state index contributed by atoms with van der Waals surface area (Å²) in [6.07, 6.45) is -3.66. The van der Waals surface area contributed by atoms with E-state index in [0.29, 0.717) is 5.56 Å². The fraction of sp³-hybridized carbons (Fsp3) is 0.400. The van der Waals surface area contributed by atoms with Gasteiger partial charge in [-0.05, 0) is 19.1 Å². The summed E-state index contributed by atoms with van der Waals surface area (Å²) in [7, 11) is 0. The molecule has 0 spiro atoms. The van der Waals surface area contributed by atoms with Crippen molar-refractivity contribution in [2.24, 2.45) is 0 Å². The predicted octanol–water partition coefficient (Wildman–Crippen LogP) is 3.10. The van der Waals surface area contributed by atoms with Crippen molar-refractivity contribution in [3.8, 4) is 5.75 Å². The Morgan fingerprint density at radius 3 is 2.53 bits per heavy atom. The minimum absolute atomic E-state index is 0.193. The molecule has 0 saturated carbocycles. The van der Waals surface area contributed by atoms with Crippen LogP contribution in [0, 0.1) is 6.92 Å². The Bertz CT molecular complexity index is 402. The Morgan fingerprint density at radius 2 is 1.87 bits per heavy atom. The fourth-order valence-corrected chi connectivity index (χ4v) is 1.46. The van der Waals surface area contributed by atoms with Gasteiger partial charge in [-0.1, -0.05) is 11.6 Å². The first-order valence-electron chi connectivity index (χ1n) is 4.37. The van der Waals surface area contributed by atoms with Crippen LogP contribution >= 0.6 is 0 Å². The standard InChI is InChI=1S/C10H9F3O2/c1-6-3-4-8-7(5-6)10(12,13)15-9(2,11)14-8/h3-5H,1-2H3. The number of rotatable bonds is 0. The van der Waals surface area contributed by atoms with Gasteiger partial charge in [0.05, 0.1) is 5.56 Å². The maximum Gasteiger partial charge on any atom is 0.391 e. The van der Waals surface area contributed by atoms with Crippen molar-refractivity contribution in [1.29, 1.82) is 0 Å². The molecule has 0 amide bonds. The molecule has 0 bridgehead atoms. The van der Waals surface area contributed by atoms with E-state index in [1.54, 1.807) is 13.0 Å². The highest BCUT2D eigenvalue weighted by molar-refractivity contribution is 5.40. The molecule has 1 aromatic rings. The molecule has 0 aromatic heterocycles. The quantitative estimate of drug-likeness (QED) is 0.666. The van der Waals surface area contributed by atoms with Crippen LogP contribution in [0.2, 0.25) is 0 Å². The van der Waals surface area contributed by atoms with Crippen LogP contribution in [0.4, 0.5) is 13.2 Å². The molecule has 1 aliphatic heterocycles. The summed E-state index contributed by atoms with van der Waals surface area (Å²) in [6, 6.07) is 1.28. The Morgan fingerprint density at radius 1 is 1.20 bits per heavy atom. The van der Waals surface area contributed by atoms with Gasteiger partial charge in [0, 0.05) is 6.92 Å². The van der Waals surface area contributed by atoms with Gasteiger partial charge in [-0.15, -0.1) is 0 Å². The van der Waals surface area contributed by atoms with E-state index < -0.39 is 17.7 Å². The topological polar surface area (TPSA) is 18.5 Å². The zero-order valence-electron chi connectivity index (χ0n) is 8.18. The third kappa shape index (κ3) is 1.79. The highest BCUT2D eigenvalue weighted by Crippen LogP contribution is 2.45. The number of hydrogen-bond donors (Lipinski definition) is 0. The van der Waals surface area contributed by atoms with Crippen LogP contribution in [0.3, 0.4) is 0 Å². The first-order valence-corrected chi connectivity index (χ1v) is 4.37. The summed E-state index contributed by atoms with van der Waals surface area (Å²) in [5.41, 5.74) is 0.181. The van der Waals surface area contributed by atoms with Crippen molar-refractivity contribution < 1.29 is 22.6 Å². The van der Waals surface area contributed by atoms with Gasteiger partial charge in [-0.3, -0.25) is 0 Å². The molecule has 1 aromatic carbocycles. The molecular weight excluding hydrogens is 209 g/mol. The van der Waals surface area contributed by atoms with Crippen LogP contribution in [0.5, 0.6) is 5.75 Å². The third-order valence-electron chi connectivity index (χ3n) is 2.05. The Hall–Kier alpha value is -1.23. The molecule has 0 N–H and O–H groups in total. The van der Waals surface area contributed by atoms with Gasteiger partial charge in [0.2, 0.25) is 0 Å². The van der Waals surface area contributed by atoms with Gasteiger partial charge in [0.15, 0.2) is 0 Å². The summed E-state index contributed by atoms with van der Waals surface area (Å²) in [6.45, 7) is 2.45. The van der Waals surface area contributed by atoms with E-state index in [0.717, 1.165) is 6.92 Å². The number of fused-ring (bicyclic) bond motifs is 1. The molecule has 2 nitrogen and oxygen atoms in total. The van der Waals surface area contributed by atoms with Crippen LogP contribution in [0.25, 0.3) is 0 Å². The lowest BCUT2D eigenvalue weighted by molar-refractivity contribution is -0.405. The first-order chi connectivity index (χ1) is 6.80. The molecule has 1 unspecified atom stereocenters. The Balaban J connectivity index is 2.55. The fourth-order valence-electron chi connectivity index (χ4n) is 1.46. The average molecular weight is 218 g/mol. The summed E-state index contributed by atoms with van der Waals surface area (Å²) >= 11 is 0. The van der Waals surface area contributed by atoms with Gasteiger partial charge < -0.3 is 4.74 Å². The van der Waals surface area contributed by atoms with Gasteiger partial charge >= 0.3 is 12.1 Å². The van der Waals surface area contributed by atoms with Crippen molar-refractivity contribution in [1.82, 2.24) is 0 Å². The highest BCUT2D eigenvalue weighted by Gasteiger charge is 2.50. The van der Waals surface area contributed by atoms with E-state index in [1.165, 1.54) is 12.1 Å². The molecule has 1 atom stereocenters. The van der Waals surface area contributed by atoms with Gasteiger partial charge in [-0.25, -0.2) is 4.74 Å². The molecular formula is C10H9F3O2. The molecule has 0 saturated heterocycles. The van der Waals surface area contributed by atoms with Gasteiger partial charge in [0.1, 0.15) is 5.75 Å². The largest absolute Gasteiger partial charge is 0.435 e. The third-order valence-corrected chi connectivity index (χ3v) is 2.05. The molecule has 0 fully saturated rings. The Labute approximate surface area is 84.6 Å². The van der Waals surface area contributed by atoms with E-state index in [1.807, 2.05) is 0 Å². The maximum atomic E-state index is 13.3. The first kappa shape index (κ1) is 10.3. The smallest absolute Gasteiger partial charge is 0.391 e. The van der Waals surface area contributed by atoms with Crippen molar-refractivity contribution in [3.63, 3.8) is 0 Å². The summed E-state index contributed by atoms with van der Waals surface area (Å²) in [4.78, 5) is 0. The number of ether oxygens (including phenoxy) is 2. The zero-order valence-corrected chi connectivity index (χ0v) is 8.18. The van der Waals surface area contributed by atoms with Crippen molar-refractivity contribution >= 4 is 0 Å². The lowest BCUT2D eigenvalue weighted by Crippen LogP contribution is -2.42. The summed E-state index contributed by atoms with van der Waals surface area (Å²) in [5.74, 6) is -0.193. The monoisotopic (exact) mass is 218 g/mol. The normalized spacial score (nSPS) is 28.1. The predicted molar refractivity (Wildman–Crippen MR) is 46.3 cm³/mol. The van der Waals surface area contributed by atoms with Crippen LogP contribution < -0.4 is 4.74 Å².